The van der Waals surface area contributed by atoms with Gasteiger partial charge >= 0.3 is 0 Å². The molecule has 3 rings (SSSR count). The summed E-state index contributed by atoms with van der Waals surface area (Å²) in [7, 11) is 0. The Morgan fingerprint density at radius 3 is 2.75 bits per heavy atom. The molecule has 0 N–H and O–H groups in total. The fraction of sp³-hybridized carbons (Fsp3) is 0.353. The first-order valence-electron chi connectivity index (χ1n) is 7.67. The molecule has 1 aliphatic heterocycles. The Bertz CT molecular complexity index is 683. The number of likely N-dealkylation sites (tertiary alicyclic amines) is 1. The molecule has 2 aromatic rings. The van der Waals surface area contributed by atoms with E-state index in [4.69, 9.17) is 4.74 Å². The number of aromatic nitrogens is 2. The fourth-order valence-corrected chi connectivity index (χ4v) is 2.63. The zero-order valence-corrected chi connectivity index (χ0v) is 12.9. The van der Waals surface area contributed by atoms with Crippen LogP contribution >= 0.6 is 0 Å². The molecule has 24 heavy (non-hydrogen) atoms. The predicted octanol–water partition coefficient (Wildman–Crippen LogP) is 2.65. The van der Waals surface area contributed by atoms with E-state index in [1.165, 1.54) is 23.5 Å². The number of pyridine rings is 2. The fourth-order valence-electron chi connectivity index (χ4n) is 2.63. The maximum atomic E-state index is 14.2. The van der Waals surface area contributed by atoms with E-state index in [1.807, 2.05) is 0 Å². The molecule has 0 radical (unpaired) electrons. The Morgan fingerprint density at radius 2 is 2.04 bits per heavy atom. The van der Waals surface area contributed by atoms with Gasteiger partial charge in [0, 0.05) is 49.7 Å². The zero-order chi connectivity index (χ0) is 17.0. The molecule has 0 saturated carbocycles. The summed E-state index contributed by atoms with van der Waals surface area (Å²) in [5.74, 6) is -3.91. The molecule has 1 saturated heterocycles. The first-order valence-corrected chi connectivity index (χ1v) is 7.67. The number of alkyl halides is 2. The molecule has 0 spiro atoms. The topological polar surface area (TPSA) is 55.3 Å². The van der Waals surface area contributed by atoms with Crippen LogP contribution in [-0.4, -0.2) is 46.4 Å². The van der Waals surface area contributed by atoms with Crippen molar-refractivity contribution in [2.24, 2.45) is 5.92 Å². The van der Waals surface area contributed by atoms with E-state index < -0.39 is 11.8 Å². The molecule has 3 heterocycles. The highest BCUT2D eigenvalue weighted by Gasteiger charge is 2.45. The maximum absolute atomic E-state index is 14.2. The van der Waals surface area contributed by atoms with Gasteiger partial charge in [-0.1, -0.05) is 6.07 Å². The summed E-state index contributed by atoms with van der Waals surface area (Å²) in [5.41, 5.74) is 0.444. The van der Waals surface area contributed by atoms with Gasteiger partial charge in [0.25, 0.3) is 11.8 Å². The van der Waals surface area contributed by atoms with Crippen LogP contribution in [0, 0.1) is 5.92 Å². The number of halogens is 2. The quantitative estimate of drug-likeness (QED) is 0.863. The smallest absolute Gasteiger partial charge is 0.257 e. The van der Waals surface area contributed by atoms with Crippen LogP contribution < -0.4 is 4.74 Å². The number of nitrogens with zero attached hydrogens (tertiary/aromatic N) is 3. The maximum Gasteiger partial charge on any atom is 0.257 e. The molecule has 1 atom stereocenters. The summed E-state index contributed by atoms with van der Waals surface area (Å²) >= 11 is 0. The van der Waals surface area contributed by atoms with E-state index in [1.54, 1.807) is 30.3 Å². The number of ether oxygens (including phenoxy) is 1. The lowest BCUT2D eigenvalue weighted by Gasteiger charge is -2.38. The van der Waals surface area contributed by atoms with Gasteiger partial charge in [-0.05, 0) is 18.2 Å². The van der Waals surface area contributed by atoms with E-state index >= 15 is 0 Å². The van der Waals surface area contributed by atoms with Gasteiger partial charge in [0.2, 0.25) is 5.88 Å². The minimum absolute atomic E-state index is 0.0221. The molecule has 5 nitrogen and oxygen atoms in total. The van der Waals surface area contributed by atoms with Crippen molar-refractivity contribution in [3.63, 3.8) is 0 Å². The predicted molar refractivity (Wildman–Crippen MR) is 82.9 cm³/mol. The van der Waals surface area contributed by atoms with Gasteiger partial charge in [-0.3, -0.25) is 9.78 Å². The second-order valence-electron chi connectivity index (χ2n) is 5.67. The van der Waals surface area contributed by atoms with E-state index in [9.17, 15) is 13.6 Å². The number of rotatable bonds is 4. The Balaban J connectivity index is 1.67. The zero-order valence-electron chi connectivity index (χ0n) is 12.9. The molecule has 0 aliphatic carbocycles. The van der Waals surface area contributed by atoms with Crippen LogP contribution in [0.1, 0.15) is 16.8 Å². The number of hydrogen-bond acceptors (Lipinski definition) is 4. The standard InChI is InChI=1S/C17H17F2N3O2/c18-17(19)6-10-22(16(23)13-4-8-20-9-5-13)11-14(17)12-24-15-3-1-2-7-21-15/h1-5,7-9,14H,6,10-12H2. The van der Waals surface area contributed by atoms with Gasteiger partial charge in [0.1, 0.15) is 6.61 Å². The molecule has 0 bridgehead atoms. The van der Waals surface area contributed by atoms with Crippen molar-refractivity contribution >= 4 is 5.91 Å². The number of hydrogen-bond donors (Lipinski definition) is 0. The highest BCUT2D eigenvalue weighted by molar-refractivity contribution is 5.94. The lowest BCUT2D eigenvalue weighted by Crippen LogP contribution is -2.51. The van der Waals surface area contributed by atoms with Crippen LogP contribution in [0.3, 0.4) is 0 Å². The minimum atomic E-state index is -2.87. The van der Waals surface area contributed by atoms with Crippen molar-refractivity contribution in [2.75, 3.05) is 19.7 Å². The largest absolute Gasteiger partial charge is 0.477 e. The molecule has 2 aromatic heterocycles. The summed E-state index contributed by atoms with van der Waals surface area (Å²) < 4.78 is 33.7. The lowest BCUT2D eigenvalue weighted by molar-refractivity contribution is -0.110. The second kappa shape index (κ2) is 6.90. The monoisotopic (exact) mass is 333 g/mol. The summed E-state index contributed by atoms with van der Waals surface area (Å²) in [6.07, 6.45) is 4.18. The molecule has 1 unspecified atom stereocenters. The molecule has 7 heteroatoms. The molecule has 126 valence electrons. The van der Waals surface area contributed by atoms with Gasteiger partial charge in [0.05, 0.1) is 5.92 Å². The van der Waals surface area contributed by atoms with Crippen LogP contribution in [0.2, 0.25) is 0 Å². The van der Waals surface area contributed by atoms with E-state index in [-0.39, 0.29) is 32.0 Å². The molecular weight excluding hydrogens is 316 g/mol. The van der Waals surface area contributed by atoms with Crippen molar-refractivity contribution in [3.8, 4) is 5.88 Å². The third-order valence-electron chi connectivity index (χ3n) is 4.04. The number of piperidine rings is 1. The summed E-state index contributed by atoms with van der Waals surface area (Å²) in [4.78, 5) is 21.7. The van der Waals surface area contributed by atoms with Crippen LogP contribution in [0.15, 0.2) is 48.9 Å². The number of amides is 1. The Hall–Kier alpha value is -2.57. The van der Waals surface area contributed by atoms with Gasteiger partial charge in [-0.2, -0.15) is 0 Å². The van der Waals surface area contributed by atoms with E-state index in [0.717, 1.165) is 0 Å². The first-order chi connectivity index (χ1) is 11.6. The van der Waals surface area contributed by atoms with Crippen LogP contribution in [0.4, 0.5) is 8.78 Å². The lowest BCUT2D eigenvalue weighted by atomic mass is 9.93. The third kappa shape index (κ3) is 3.67. The molecular formula is C17H17F2N3O2. The summed E-state index contributed by atoms with van der Waals surface area (Å²) in [6, 6.07) is 8.21. The molecule has 0 aromatic carbocycles. The Kier molecular flexibility index (Phi) is 4.69. The second-order valence-corrected chi connectivity index (χ2v) is 5.67. The van der Waals surface area contributed by atoms with Crippen molar-refractivity contribution in [3.05, 3.63) is 54.5 Å². The van der Waals surface area contributed by atoms with Gasteiger partial charge in [-0.15, -0.1) is 0 Å². The Morgan fingerprint density at radius 1 is 1.25 bits per heavy atom. The molecule has 1 amide bonds. The molecule has 1 aliphatic rings. The van der Waals surface area contributed by atoms with Crippen molar-refractivity contribution < 1.29 is 18.3 Å². The first kappa shape index (κ1) is 16.3. The summed E-state index contributed by atoms with van der Waals surface area (Å²) in [5, 5.41) is 0. The van der Waals surface area contributed by atoms with Crippen molar-refractivity contribution in [1.82, 2.24) is 14.9 Å². The van der Waals surface area contributed by atoms with Gasteiger partial charge < -0.3 is 9.64 Å². The highest BCUT2D eigenvalue weighted by Crippen LogP contribution is 2.34. The SMILES string of the molecule is O=C(c1ccncc1)N1CCC(F)(F)C(COc2ccccn2)C1. The number of carbonyl (C=O) groups excluding carboxylic acids is 1. The van der Waals surface area contributed by atoms with Crippen molar-refractivity contribution in [1.29, 1.82) is 0 Å². The van der Waals surface area contributed by atoms with Crippen LogP contribution in [0.25, 0.3) is 0 Å². The van der Waals surface area contributed by atoms with Crippen molar-refractivity contribution in [2.45, 2.75) is 12.3 Å². The normalized spacial score (nSPS) is 19.8. The minimum Gasteiger partial charge on any atom is -0.477 e. The average molecular weight is 333 g/mol. The van der Waals surface area contributed by atoms with Crippen LogP contribution in [0.5, 0.6) is 5.88 Å². The van der Waals surface area contributed by atoms with Gasteiger partial charge in [0.15, 0.2) is 0 Å². The third-order valence-corrected chi connectivity index (χ3v) is 4.04. The average Bonchev–Trinajstić information content (AvgIpc) is 2.61. The molecule has 1 fully saturated rings. The number of carbonyl (C=O) groups is 1. The Labute approximate surface area is 138 Å². The van der Waals surface area contributed by atoms with Gasteiger partial charge in [-0.25, -0.2) is 13.8 Å². The van der Waals surface area contributed by atoms with Crippen LogP contribution in [-0.2, 0) is 0 Å². The summed E-state index contributed by atoms with van der Waals surface area (Å²) in [6.45, 7) is -0.223. The highest BCUT2D eigenvalue weighted by atomic mass is 19.3. The van der Waals surface area contributed by atoms with E-state index in [2.05, 4.69) is 9.97 Å². The van der Waals surface area contributed by atoms with E-state index in [0.29, 0.717) is 11.4 Å².